The molecule has 0 amide bonds. The Morgan fingerprint density at radius 2 is 1.75 bits per heavy atom. The molecule has 0 aromatic heterocycles. The molecule has 0 bridgehead atoms. The van der Waals surface area contributed by atoms with Gasteiger partial charge in [-0.05, 0) is 27.7 Å². The molecule has 0 aliphatic carbocycles. The minimum atomic E-state index is -1.37. The summed E-state index contributed by atoms with van der Waals surface area (Å²) in [5.74, 6) is -1.47. The highest BCUT2D eigenvalue weighted by Crippen LogP contribution is 2.46. The average Bonchev–Trinajstić information content (AvgIpc) is 2.91. The van der Waals surface area contributed by atoms with Gasteiger partial charge in [-0.2, -0.15) is 0 Å². The highest BCUT2D eigenvalue weighted by atomic mass is 16.8. The van der Waals surface area contributed by atoms with E-state index in [9.17, 15) is 5.11 Å². The van der Waals surface area contributed by atoms with Crippen LogP contribution in [0.2, 0.25) is 0 Å². The van der Waals surface area contributed by atoms with Gasteiger partial charge in [0.2, 0.25) is 0 Å². The Kier molecular flexibility index (Phi) is 3.07. The van der Waals surface area contributed by atoms with Crippen molar-refractivity contribution in [3.63, 3.8) is 0 Å². The number of hydrogen-bond acceptors (Lipinski definition) is 6. The van der Waals surface area contributed by atoms with Crippen molar-refractivity contribution < 1.29 is 28.8 Å². The molecule has 3 aliphatic heterocycles. The summed E-state index contributed by atoms with van der Waals surface area (Å²) in [7, 11) is 0. The Morgan fingerprint density at radius 3 is 2.30 bits per heavy atom. The summed E-state index contributed by atoms with van der Waals surface area (Å²) in [6, 6.07) is 0. The Bertz CT molecular complexity index is 420. The molecule has 3 aliphatic rings. The molecule has 114 valence electrons. The van der Waals surface area contributed by atoms with E-state index < -0.39 is 41.8 Å². The van der Waals surface area contributed by atoms with Crippen LogP contribution in [0, 0.1) is 0 Å². The van der Waals surface area contributed by atoms with E-state index in [0.717, 1.165) is 0 Å². The molecule has 3 rings (SSSR count). The van der Waals surface area contributed by atoms with Gasteiger partial charge in [0.25, 0.3) is 0 Å². The van der Waals surface area contributed by atoms with Gasteiger partial charge in [-0.15, -0.1) is 6.58 Å². The lowest BCUT2D eigenvalue weighted by Crippen LogP contribution is -2.52. The summed E-state index contributed by atoms with van der Waals surface area (Å²) in [6.07, 6.45) is -0.832. The Morgan fingerprint density at radius 1 is 1.05 bits per heavy atom. The lowest BCUT2D eigenvalue weighted by Gasteiger charge is -2.33. The standard InChI is InChI=1S/C14H22O6/c1-6-14(15)9(8-7-16-12(2,3)18-8)17-11-10(14)19-13(4,5)20-11/h6,8-11,15H,1,7H2,2-5H3/t8?,9?,10-,11+,14-/m0/s1. The van der Waals surface area contributed by atoms with Gasteiger partial charge in [0, 0.05) is 0 Å². The maximum atomic E-state index is 10.9. The van der Waals surface area contributed by atoms with Gasteiger partial charge in [-0.1, -0.05) is 6.08 Å². The average molecular weight is 286 g/mol. The molecular weight excluding hydrogens is 264 g/mol. The third-order valence-electron chi connectivity index (χ3n) is 3.95. The van der Waals surface area contributed by atoms with Crippen LogP contribution in [0.1, 0.15) is 27.7 Å². The molecule has 3 heterocycles. The van der Waals surface area contributed by atoms with E-state index in [2.05, 4.69) is 6.58 Å². The van der Waals surface area contributed by atoms with Crippen molar-refractivity contribution in [2.45, 2.75) is 69.5 Å². The van der Waals surface area contributed by atoms with Crippen molar-refractivity contribution in [1.29, 1.82) is 0 Å². The van der Waals surface area contributed by atoms with Crippen LogP contribution in [-0.2, 0) is 23.7 Å². The fraction of sp³-hybridized carbons (Fsp3) is 0.857. The molecule has 1 N–H and O–H groups in total. The van der Waals surface area contributed by atoms with Crippen molar-refractivity contribution in [3.05, 3.63) is 12.7 Å². The number of fused-ring (bicyclic) bond motifs is 1. The van der Waals surface area contributed by atoms with Crippen LogP contribution >= 0.6 is 0 Å². The third kappa shape index (κ3) is 2.11. The predicted octanol–water partition coefficient (Wildman–Crippen LogP) is 0.931. The van der Waals surface area contributed by atoms with E-state index in [0.29, 0.717) is 6.61 Å². The van der Waals surface area contributed by atoms with Crippen LogP contribution in [0.3, 0.4) is 0 Å². The molecule has 0 aromatic carbocycles. The number of ether oxygens (including phenoxy) is 5. The lowest BCUT2D eigenvalue weighted by atomic mass is 9.89. The lowest BCUT2D eigenvalue weighted by molar-refractivity contribution is -0.241. The van der Waals surface area contributed by atoms with E-state index in [1.165, 1.54) is 6.08 Å². The second-order valence-electron chi connectivity index (χ2n) is 6.44. The molecule has 0 radical (unpaired) electrons. The number of aliphatic hydroxyl groups is 1. The van der Waals surface area contributed by atoms with E-state index >= 15 is 0 Å². The predicted molar refractivity (Wildman–Crippen MR) is 68.7 cm³/mol. The fourth-order valence-electron chi connectivity index (χ4n) is 3.04. The summed E-state index contributed by atoms with van der Waals surface area (Å²) in [5.41, 5.74) is -1.37. The summed E-state index contributed by atoms with van der Waals surface area (Å²) >= 11 is 0. The fourth-order valence-corrected chi connectivity index (χ4v) is 3.04. The van der Waals surface area contributed by atoms with Crippen LogP contribution < -0.4 is 0 Å². The second kappa shape index (κ2) is 4.25. The van der Waals surface area contributed by atoms with E-state index in [4.69, 9.17) is 23.7 Å². The Labute approximate surface area is 118 Å². The van der Waals surface area contributed by atoms with Gasteiger partial charge < -0.3 is 28.8 Å². The summed E-state index contributed by atoms with van der Waals surface area (Å²) in [4.78, 5) is 0. The Hall–Kier alpha value is -0.500. The largest absolute Gasteiger partial charge is 0.380 e. The highest BCUT2D eigenvalue weighted by molar-refractivity contribution is 5.16. The maximum absolute atomic E-state index is 10.9. The topological polar surface area (TPSA) is 66.4 Å². The van der Waals surface area contributed by atoms with Gasteiger partial charge in [0.15, 0.2) is 17.9 Å². The molecule has 3 fully saturated rings. The zero-order chi connectivity index (χ0) is 14.8. The van der Waals surface area contributed by atoms with Crippen molar-refractivity contribution in [3.8, 4) is 0 Å². The Balaban J connectivity index is 1.83. The van der Waals surface area contributed by atoms with Crippen molar-refractivity contribution >= 4 is 0 Å². The van der Waals surface area contributed by atoms with Gasteiger partial charge >= 0.3 is 0 Å². The maximum Gasteiger partial charge on any atom is 0.191 e. The molecule has 20 heavy (non-hydrogen) atoms. The molecule has 0 spiro atoms. The SMILES string of the molecule is C=C[C@]1(O)C(C2COC(C)(C)O2)O[C@@H]2OC(C)(C)O[C@@H]21. The van der Waals surface area contributed by atoms with Crippen LogP contribution in [0.5, 0.6) is 0 Å². The summed E-state index contributed by atoms with van der Waals surface area (Å²) in [6.45, 7) is 11.3. The van der Waals surface area contributed by atoms with Crippen LogP contribution in [0.4, 0.5) is 0 Å². The van der Waals surface area contributed by atoms with Crippen LogP contribution in [0.25, 0.3) is 0 Å². The molecule has 2 unspecified atom stereocenters. The first-order valence-corrected chi connectivity index (χ1v) is 6.86. The molecular formula is C14H22O6. The minimum Gasteiger partial charge on any atom is -0.380 e. The smallest absolute Gasteiger partial charge is 0.191 e. The molecule has 0 saturated carbocycles. The van der Waals surface area contributed by atoms with Gasteiger partial charge in [0.1, 0.15) is 23.9 Å². The number of hydrogen-bond donors (Lipinski definition) is 1. The van der Waals surface area contributed by atoms with Crippen molar-refractivity contribution in [2.24, 2.45) is 0 Å². The number of rotatable bonds is 2. The van der Waals surface area contributed by atoms with Crippen molar-refractivity contribution in [2.75, 3.05) is 6.61 Å². The van der Waals surface area contributed by atoms with Crippen LogP contribution in [0.15, 0.2) is 12.7 Å². The molecule has 6 heteroatoms. The minimum absolute atomic E-state index is 0.344. The summed E-state index contributed by atoms with van der Waals surface area (Å²) < 4.78 is 28.6. The van der Waals surface area contributed by atoms with E-state index in [1.807, 2.05) is 13.8 Å². The third-order valence-corrected chi connectivity index (χ3v) is 3.95. The first kappa shape index (κ1) is 14.4. The van der Waals surface area contributed by atoms with Crippen LogP contribution in [-0.4, -0.2) is 53.5 Å². The molecule has 6 nitrogen and oxygen atoms in total. The normalized spacial score (nSPS) is 49.2. The monoisotopic (exact) mass is 286 g/mol. The van der Waals surface area contributed by atoms with E-state index in [-0.39, 0.29) is 0 Å². The van der Waals surface area contributed by atoms with Gasteiger partial charge in [-0.25, -0.2) is 0 Å². The first-order chi connectivity index (χ1) is 9.17. The zero-order valence-electron chi connectivity index (χ0n) is 12.3. The molecule has 3 saturated heterocycles. The van der Waals surface area contributed by atoms with Gasteiger partial charge in [0.05, 0.1) is 6.61 Å². The zero-order valence-corrected chi connectivity index (χ0v) is 12.3. The quantitative estimate of drug-likeness (QED) is 0.762. The van der Waals surface area contributed by atoms with Crippen molar-refractivity contribution in [1.82, 2.24) is 0 Å². The van der Waals surface area contributed by atoms with E-state index in [1.54, 1.807) is 13.8 Å². The highest BCUT2D eigenvalue weighted by Gasteiger charge is 2.64. The van der Waals surface area contributed by atoms with Gasteiger partial charge in [-0.3, -0.25) is 0 Å². The second-order valence-corrected chi connectivity index (χ2v) is 6.44. The first-order valence-electron chi connectivity index (χ1n) is 6.86. The molecule has 0 aromatic rings. The molecule has 5 atom stereocenters. The summed E-state index contributed by atoms with van der Waals surface area (Å²) in [5, 5.41) is 10.9.